The van der Waals surface area contributed by atoms with Crippen molar-refractivity contribution in [2.24, 2.45) is 0 Å². The summed E-state index contributed by atoms with van der Waals surface area (Å²) >= 11 is 0. The van der Waals surface area contributed by atoms with Gasteiger partial charge in [-0.15, -0.1) is 0 Å². The van der Waals surface area contributed by atoms with Gasteiger partial charge in [0.1, 0.15) is 11.5 Å². The third-order valence-corrected chi connectivity index (χ3v) is 3.08. The molecular weight excluding hydrogens is 205 g/mol. The van der Waals surface area contributed by atoms with E-state index in [0.29, 0.717) is 6.04 Å². The Bertz CT molecular complexity index is 500. The fourth-order valence-electron chi connectivity index (χ4n) is 2.30. The number of halogens is 1. The maximum absolute atomic E-state index is 13.0. The van der Waals surface area contributed by atoms with Crippen LogP contribution < -0.4 is 5.32 Å². The van der Waals surface area contributed by atoms with E-state index in [9.17, 15) is 4.39 Å². The molecule has 3 rings (SSSR count). The number of rotatable bonds is 2. The van der Waals surface area contributed by atoms with Gasteiger partial charge in [-0.2, -0.15) is 0 Å². The Morgan fingerprint density at radius 3 is 3.19 bits per heavy atom. The molecule has 1 atom stereocenters. The summed E-state index contributed by atoms with van der Waals surface area (Å²) in [5.74, 6) is -0.226. The highest BCUT2D eigenvalue weighted by Crippen LogP contribution is 2.13. The van der Waals surface area contributed by atoms with Crippen molar-refractivity contribution in [1.29, 1.82) is 0 Å². The van der Waals surface area contributed by atoms with Gasteiger partial charge < -0.3 is 9.72 Å². The molecule has 1 unspecified atom stereocenters. The van der Waals surface area contributed by atoms with Crippen LogP contribution in [0.15, 0.2) is 24.5 Å². The molecule has 1 N–H and O–H groups in total. The van der Waals surface area contributed by atoms with Gasteiger partial charge in [-0.1, -0.05) is 0 Å². The van der Waals surface area contributed by atoms with Crippen molar-refractivity contribution in [3.8, 4) is 0 Å². The standard InChI is InChI=1S/C12H14FN3/c13-9-3-4-12-15-11(8-16(12)7-9)6-10-2-1-5-14-10/h3-4,7-8,10,14H,1-2,5-6H2. The lowest BCUT2D eigenvalue weighted by atomic mass is 10.1. The van der Waals surface area contributed by atoms with Crippen LogP contribution in [-0.2, 0) is 6.42 Å². The summed E-state index contributed by atoms with van der Waals surface area (Å²) in [6, 6.07) is 3.69. The minimum absolute atomic E-state index is 0.226. The fraction of sp³-hybridized carbons (Fsp3) is 0.417. The molecule has 0 radical (unpaired) electrons. The van der Waals surface area contributed by atoms with E-state index >= 15 is 0 Å². The summed E-state index contributed by atoms with van der Waals surface area (Å²) in [7, 11) is 0. The first-order valence-corrected chi connectivity index (χ1v) is 5.68. The average molecular weight is 219 g/mol. The first kappa shape index (κ1) is 9.78. The molecule has 2 aromatic rings. The number of imidazole rings is 1. The van der Waals surface area contributed by atoms with Gasteiger partial charge in [0.15, 0.2) is 0 Å². The summed E-state index contributed by atoms with van der Waals surface area (Å²) in [5, 5.41) is 3.44. The number of aromatic nitrogens is 2. The van der Waals surface area contributed by atoms with Gasteiger partial charge in [0.2, 0.25) is 0 Å². The summed E-state index contributed by atoms with van der Waals surface area (Å²) in [6.07, 6.45) is 6.77. The second-order valence-electron chi connectivity index (χ2n) is 4.34. The lowest BCUT2D eigenvalue weighted by Gasteiger charge is -2.06. The number of fused-ring (bicyclic) bond motifs is 1. The second-order valence-corrected chi connectivity index (χ2v) is 4.34. The minimum Gasteiger partial charge on any atom is -0.314 e. The molecule has 16 heavy (non-hydrogen) atoms. The van der Waals surface area contributed by atoms with Crippen LogP contribution in [0.25, 0.3) is 5.65 Å². The van der Waals surface area contributed by atoms with E-state index < -0.39 is 0 Å². The Kier molecular flexibility index (Phi) is 2.36. The molecule has 1 aliphatic heterocycles. The fourth-order valence-corrected chi connectivity index (χ4v) is 2.30. The molecule has 0 bridgehead atoms. The number of pyridine rings is 1. The Labute approximate surface area is 93.3 Å². The zero-order chi connectivity index (χ0) is 11.0. The van der Waals surface area contributed by atoms with Crippen LogP contribution in [0.1, 0.15) is 18.5 Å². The maximum atomic E-state index is 13.0. The maximum Gasteiger partial charge on any atom is 0.139 e. The van der Waals surface area contributed by atoms with Gasteiger partial charge in [0.25, 0.3) is 0 Å². The topological polar surface area (TPSA) is 29.3 Å². The van der Waals surface area contributed by atoms with E-state index in [1.54, 1.807) is 10.5 Å². The molecule has 0 amide bonds. The molecular formula is C12H14FN3. The van der Waals surface area contributed by atoms with Gasteiger partial charge in [0, 0.05) is 24.9 Å². The van der Waals surface area contributed by atoms with Crippen LogP contribution in [0.5, 0.6) is 0 Å². The van der Waals surface area contributed by atoms with E-state index in [2.05, 4.69) is 10.3 Å². The highest BCUT2D eigenvalue weighted by atomic mass is 19.1. The number of hydrogen-bond acceptors (Lipinski definition) is 2. The van der Waals surface area contributed by atoms with E-state index in [0.717, 1.165) is 24.3 Å². The van der Waals surface area contributed by atoms with Gasteiger partial charge in [0.05, 0.1) is 5.69 Å². The number of hydrogen-bond donors (Lipinski definition) is 1. The van der Waals surface area contributed by atoms with E-state index in [-0.39, 0.29) is 5.82 Å². The van der Waals surface area contributed by atoms with Crippen molar-refractivity contribution in [1.82, 2.24) is 14.7 Å². The SMILES string of the molecule is Fc1ccc2nc(CC3CCCN3)cn2c1. The van der Waals surface area contributed by atoms with Crippen molar-refractivity contribution >= 4 is 5.65 Å². The first-order valence-electron chi connectivity index (χ1n) is 5.68. The summed E-state index contributed by atoms with van der Waals surface area (Å²) in [5.41, 5.74) is 1.85. The molecule has 0 saturated carbocycles. The Balaban J connectivity index is 1.86. The van der Waals surface area contributed by atoms with E-state index in [1.165, 1.54) is 25.1 Å². The molecule has 0 aromatic carbocycles. The third kappa shape index (κ3) is 1.80. The molecule has 1 fully saturated rings. The van der Waals surface area contributed by atoms with Crippen LogP contribution >= 0.6 is 0 Å². The molecule has 0 aliphatic carbocycles. The first-order chi connectivity index (χ1) is 7.81. The van der Waals surface area contributed by atoms with E-state index in [4.69, 9.17) is 0 Å². The Hall–Kier alpha value is -1.42. The molecule has 0 spiro atoms. The monoisotopic (exact) mass is 219 g/mol. The second kappa shape index (κ2) is 3.87. The molecule has 3 nitrogen and oxygen atoms in total. The summed E-state index contributed by atoms with van der Waals surface area (Å²) in [4.78, 5) is 4.47. The summed E-state index contributed by atoms with van der Waals surface area (Å²) in [6.45, 7) is 1.10. The number of nitrogens with one attached hydrogen (secondary N) is 1. The van der Waals surface area contributed by atoms with Crippen LogP contribution in [0, 0.1) is 5.82 Å². The third-order valence-electron chi connectivity index (χ3n) is 3.08. The van der Waals surface area contributed by atoms with E-state index in [1.807, 2.05) is 6.20 Å². The lowest BCUT2D eigenvalue weighted by Crippen LogP contribution is -2.23. The van der Waals surface area contributed by atoms with Crippen molar-refractivity contribution in [2.75, 3.05) is 6.54 Å². The predicted octanol–water partition coefficient (Wildman–Crippen LogP) is 1.77. The van der Waals surface area contributed by atoms with Gasteiger partial charge in [-0.05, 0) is 31.5 Å². The summed E-state index contributed by atoms with van der Waals surface area (Å²) < 4.78 is 14.7. The van der Waals surface area contributed by atoms with Crippen LogP contribution in [0.2, 0.25) is 0 Å². The zero-order valence-electron chi connectivity index (χ0n) is 8.99. The highest BCUT2D eigenvalue weighted by molar-refractivity contribution is 5.39. The molecule has 1 saturated heterocycles. The number of nitrogens with zero attached hydrogens (tertiary/aromatic N) is 2. The van der Waals surface area contributed by atoms with Crippen molar-refractivity contribution < 1.29 is 4.39 Å². The zero-order valence-corrected chi connectivity index (χ0v) is 8.99. The van der Waals surface area contributed by atoms with Crippen LogP contribution in [-0.4, -0.2) is 22.0 Å². The molecule has 2 aromatic heterocycles. The normalized spacial score (nSPS) is 20.7. The molecule has 84 valence electrons. The van der Waals surface area contributed by atoms with Crippen molar-refractivity contribution in [3.05, 3.63) is 36.0 Å². The minimum atomic E-state index is -0.226. The van der Waals surface area contributed by atoms with Gasteiger partial charge in [-0.3, -0.25) is 0 Å². The average Bonchev–Trinajstić information content (AvgIpc) is 2.86. The van der Waals surface area contributed by atoms with Crippen molar-refractivity contribution in [2.45, 2.75) is 25.3 Å². The van der Waals surface area contributed by atoms with Crippen LogP contribution in [0.4, 0.5) is 4.39 Å². The lowest BCUT2D eigenvalue weighted by molar-refractivity contribution is 0.596. The smallest absolute Gasteiger partial charge is 0.139 e. The van der Waals surface area contributed by atoms with Gasteiger partial charge in [-0.25, -0.2) is 9.37 Å². The quantitative estimate of drug-likeness (QED) is 0.834. The largest absolute Gasteiger partial charge is 0.314 e. The highest BCUT2D eigenvalue weighted by Gasteiger charge is 2.15. The predicted molar refractivity (Wildman–Crippen MR) is 59.9 cm³/mol. The molecule has 4 heteroatoms. The Morgan fingerprint density at radius 1 is 1.44 bits per heavy atom. The van der Waals surface area contributed by atoms with Crippen LogP contribution in [0.3, 0.4) is 0 Å². The molecule has 3 heterocycles. The van der Waals surface area contributed by atoms with Gasteiger partial charge >= 0.3 is 0 Å². The molecule has 1 aliphatic rings. The Morgan fingerprint density at radius 2 is 2.38 bits per heavy atom. The van der Waals surface area contributed by atoms with Crippen molar-refractivity contribution in [3.63, 3.8) is 0 Å².